The molecular weight excluding hydrogens is 404 g/mol. The van der Waals surface area contributed by atoms with Gasteiger partial charge in [0.25, 0.3) is 5.91 Å². The molecule has 1 saturated heterocycles. The summed E-state index contributed by atoms with van der Waals surface area (Å²) in [5.74, 6) is 1.02. The van der Waals surface area contributed by atoms with Gasteiger partial charge in [-0.3, -0.25) is 9.69 Å². The number of ether oxygens (including phenoxy) is 1. The van der Waals surface area contributed by atoms with E-state index in [0.717, 1.165) is 44.2 Å². The first kappa shape index (κ1) is 20.7. The molecule has 4 rings (SSSR count). The summed E-state index contributed by atoms with van der Waals surface area (Å²) >= 11 is 6.12. The van der Waals surface area contributed by atoms with Crippen LogP contribution in [0.2, 0.25) is 5.02 Å². The number of aromatic nitrogens is 2. The van der Waals surface area contributed by atoms with E-state index in [-0.39, 0.29) is 5.91 Å². The summed E-state index contributed by atoms with van der Waals surface area (Å²) in [6, 6.07) is 11.2. The molecule has 8 heteroatoms. The monoisotopic (exact) mass is 428 g/mol. The molecule has 7 nitrogen and oxygen atoms in total. The van der Waals surface area contributed by atoms with E-state index in [4.69, 9.17) is 20.8 Å². The molecule has 0 saturated carbocycles. The summed E-state index contributed by atoms with van der Waals surface area (Å²) in [5, 5.41) is 0.703. The van der Waals surface area contributed by atoms with Crippen LogP contribution in [0, 0.1) is 0 Å². The Kier molecular flexibility index (Phi) is 6.84. The SMILES string of the molecule is O=C(c1ccco1)N(CCN1CCOCC1)Cc1nccn1Cc1cccc(Cl)c1. The van der Waals surface area contributed by atoms with E-state index in [9.17, 15) is 4.79 Å². The van der Waals surface area contributed by atoms with Crippen molar-refractivity contribution < 1.29 is 13.9 Å². The van der Waals surface area contributed by atoms with Gasteiger partial charge in [0.1, 0.15) is 5.82 Å². The molecule has 1 aliphatic rings. The zero-order valence-electron chi connectivity index (χ0n) is 16.7. The van der Waals surface area contributed by atoms with Crippen LogP contribution in [0.15, 0.2) is 59.5 Å². The molecule has 1 aromatic carbocycles. The number of carbonyl (C=O) groups is 1. The maximum absolute atomic E-state index is 13.1. The lowest BCUT2D eigenvalue weighted by molar-refractivity contribution is 0.0314. The summed E-state index contributed by atoms with van der Waals surface area (Å²) in [5.41, 5.74) is 1.08. The van der Waals surface area contributed by atoms with Gasteiger partial charge in [-0.05, 0) is 29.8 Å². The molecule has 3 heterocycles. The van der Waals surface area contributed by atoms with Crippen LogP contribution in [0.3, 0.4) is 0 Å². The fourth-order valence-corrected chi connectivity index (χ4v) is 3.75. The van der Waals surface area contributed by atoms with Crippen LogP contribution in [-0.4, -0.2) is 64.7 Å². The number of halogens is 1. The third kappa shape index (κ3) is 5.30. The van der Waals surface area contributed by atoms with Gasteiger partial charge in [0.2, 0.25) is 0 Å². The maximum atomic E-state index is 13.1. The molecular formula is C22H25ClN4O3. The third-order valence-corrected chi connectivity index (χ3v) is 5.42. The van der Waals surface area contributed by atoms with Crippen molar-refractivity contribution in [2.75, 3.05) is 39.4 Å². The van der Waals surface area contributed by atoms with E-state index in [2.05, 4.69) is 9.88 Å². The highest BCUT2D eigenvalue weighted by Gasteiger charge is 2.22. The number of rotatable bonds is 8. The first-order valence-corrected chi connectivity index (χ1v) is 10.4. The van der Waals surface area contributed by atoms with Crippen molar-refractivity contribution in [2.45, 2.75) is 13.1 Å². The van der Waals surface area contributed by atoms with Crippen LogP contribution in [0.5, 0.6) is 0 Å². The predicted octanol–water partition coefficient (Wildman–Crippen LogP) is 3.15. The van der Waals surface area contributed by atoms with Gasteiger partial charge in [-0.15, -0.1) is 0 Å². The Morgan fingerprint density at radius 1 is 1.20 bits per heavy atom. The average molecular weight is 429 g/mol. The second-order valence-electron chi connectivity index (χ2n) is 7.26. The highest BCUT2D eigenvalue weighted by molar-refractivity contribution is 6.30. The lowest BCUT2D eigenvalue weighted by Gasteiger charge is -2.29. The van der Waals surface area contributed by atoms with Gasteiger partial charge in [-0.1, -0.05) is 23.7 Å². The second-order valence-corrected chi connectivity index (χ2v) is 7.70. The number of hydrogen-bond acceptors (Lipinski definition) is 5. The molecule has 0 atom stereocenters. The number of carbonyl (C=O) groups excluding carboxylic acids is 1. The van der Waals surface area contributed by atoms with E-state index in [1.807, 2.05) is 35.0 Å². The van der Waals surface area contributed by atoms with E-state index in [0.29, 0.717) is 30.4 Å². The summed E-state index contributed by atoms with van der Waals surface area (Å²) in [7, 11) is 0. The van der Waals surface area contributed by atoms with Crippen LogP contribution in [0.25, 0.3) is 0 Å². The van der Waals surface area contributed by atoms with Crippen LogP contribution >= 0.6 is 11.6 Å². The number of hydrogen-bond donors (Lipinski definition) is 0. The quantitative estimate of drug-likeness (QED) is 0.551. The summed E-state index contributed by atoms with van der Waals surface area (Å²) in [6.45, 7) is 5.64. The van der Waals surface area contributed by atoms with Crippen LogP contribution < -0.4 is 0 Å². The fraction of sp³-hybridized carbons (Fsp3) is 0.364. The van der Waals surface area contributed by atoms with Gasteiger partial charge in [0, 0.05) is 50.1 Å². The first-order chi connectivity index (χ1) is 14.7. The minimum absolute atomic E-state index is 0.134. The number of nitrogens with zero attached hydrogens (tertiary/aromatic N) is 4. The van der Waals surface area contributed by atoms with Crippen LogP contribution in [-0.2, 0) is 17.8 Å². The van der Waals surface area contributed by atoms with E-state index >= 15 is 0 Å². The van der Waals surface area contributed by atoms with Crippen LogP contribution in [0.4, 0.5) is 0 Å². The molecule has 0 radical (unpaired) electrons. The minimum Gasteiger partial charge on any atom is -0.459 e. The number of amides is 1. The Morgan fingerprint density at radius 2 is 2.07 bits per heavy atom. The lowest BCUT2D eigenvalue weighted by atomic mass is 10.2. The van der Waals surface area contributed by atoms with Gasteiger partial charge in [-0.2, -0.15) is 0 Å². The largest absolute Gasteiger partial charge is 0.459 e. The molecule has 1 fully saturated rings. The van der Waals surface area contributed by atoms with Gasteiger partial charge in [-0.25, -0.2) is 4.98 Å². The molecule has 2 aromatic heterocycles. The first-order valence-electron chi connectivity index (χ1n) is 10.1. The third-order valence-electron chi connectivity index (χ3n) is 5.18. The van der Waals surface area contributed by atoms with Crippen molar-refractivity contribution in [1.82, 2.24) is 19.4 Å². The number of imidazole rings is 1. The zero-order chi connectivity index (χ0) is 20.8. The minimum atomic E-state index is -0.134. The molecule has 3 aromatic rings. The second kappa shape index (κ2) is 9.93. The van der Waals surface area contributed by atoms with E-state index < -0.39 is 0 Å². The van der Waals surface area contributed by atoms with Crippen molar-refractivity contribution in [3.8, 4) is 0 Å². The molecule has 0 aliphatic carbocycles. The van der Waals surface area contributed by atoms with Crippen molar-refractivity contribution >= 4 is 17.5 Å². The van der Waals surface area contributed by atoms with Gasteiger partial charge < -0.3 is 18.6 Å². The van der Waals surface area contributed by atoms with E-state index in [1.165, 1.54) is 6.26 Å². The number of benzene rings is 1. The molecule has 0 bridgehead atoms. The Balaban J connectivity index is 1.48. The molecule has 0 spiro atoms. The molecule has 158 valence electrons. The van der Waals surface area contributed by atoms with Gasteiger partial charge in [0.15, 0.2) is 5.76 Å². The highest BCUT2D eigenvalue weighted by atomic mass is 35.5. The fourth-order valence-electron chi connectivity index (χ4n) is 3.53. The Bertz CT molecular complexity index is 951. The maximum Gasteiger partial charge on any atom is 0.289 e. The zero-order valence-corrected chi connectivity index (χ0v) is 17.5. The van der Waals surface area contributed by atoms with Gasteiger partial charge in [0.05, 0.1) is 26.0 Å². The Morgan fingerprint density at radius 3 is 2.83 bits per heavy atom. The predicted molar refractivity (Wildman–Crippen MR) is 113 cm³/mol. The van der Waals surface area contributed by atoms with E-state index in [1.54, 1.807) is 23.2 Å². The molecule has 30 heavy (non-hydrogen) atoms. The summed E-state index contributed by atoms with van der Waals surface area (Å²) in [6.07, 6.45) is 5.21. The molecule has 0 N–H and O–H groups in total. The topological polar surface area (TPSA) is 63.7 Å². The highest BCUT2D eigenvalue weighted by Crippen LogP contribution is 2.15. The average Bonchev–Trinajstić information content (AvgIpc) is 3.44. The van der Waals surface area contributed by atoms with Crippen LogP contribution in [0.1, 0.15) is 21.9 Å². The Labute approximate surface area is 180 Å². The van der Waals surface area contributed by atoms with Crippen molar-refractivity contribution in [3.63, 3.8) is 0 Å². The standard InChI is InChI=1S/C22H25ClN4O3/c23-19-4-1-3-18(15-19)16-26-7-6-24-21(26)17-27(22(28)20-5-2-12-30-20)9-8-25-10-13-29-14-11-25/h1-7,12,15H,8-11,13-14,16-17H2. The molecule has 1 amide bonds. The van der Waals surface area contributed by atoms with Crippen molar-refractivity contribution in [1.29, 1.82) is 0 Å². The van der Waals surface area contributed by atoms with Crippen molar-refractivity contribution in [3.05, 3.63) is 77.2 Å². The summed E-state index contributed by atoms with van der Waals surface area (Å²) in [4.78, 5) is 21.7. The van der Waals surface area contributed by atoms with Crippen molar-refractivity contribution in [2.24, 2.45) is 0 Å². The van der Waals surface area contributed by atoms with Gasteiger partial charge >= 0.3 is 0 Å². The summed E-state index contributed by atoms with van der Waals surface area (Å²) < 4.78 is 12.8. The number of furan rings is 1. The molecule has 0 unspecified atom stereocenters. The Hall–Kier alpha value is -2.61. The lowest BCUT2D eigenvalue weighted by Crippen LogP contribution is -2.43. The normalized spacial score (nSPS) is 14.7. The number of morpholine rings is 1. The molecule has 1 aliphatic heterocycles. The smallest absolute Gasteiger partial charge is 0.289 e.